The van der Waals surface area contributed by atoms with E-state index in [9.17, 15) is 8.42 Å². The zero-order valence-corrected chi connectivity index (χ0v) is 21.9. The van der Waals surface area contributed by atoms with E-state index in [2.05, 4.69) is 9.62 Å². The fraction of sp³-hybridized carbons (Fsp3) is 0.500. The van der Waals surface area contributed by atoms with Gasteiger partial charge in [-0.05, 0) is 54.9 Å². The first-order chi connectivity index (χ1) is 16.3. The van der Waals surface area contributed by atoms with Crippen LogP contribution < -0.4 is 4.72 Å². The van der Waals surface area contributed by atoms with Gasteiger partial charge in [-0.1, -0.05) is 35.3 Å². The zero-order chi connectivity index (χ0) is 24.6. The van der Waals surface area contributed by atoms with E-state index >= 15 is 0 Å². The molecule has 1 N–H and O–H groups in total. The molecule has 1 unspecified atom stereocenters. The summed E-state index contributed by atoms with van der Waals surface area (Å²) in [5.41, 5.74) is 3.16. The number of nitrogens with one attached hydrogen (secondary N) is 1. The van der Waals surface area contributed by atoms with Crippen LogP contribution in [0.5, 0.6) is 0 Å². The van der Waals surface area contributed by atoms with Crippen LogP contribution in [0.15, 0.2) is 41.3 Å². The summed E-state index contributed by atoms with van der Waals surface area (Å²) >= 11 is 12.7. The molecule has 0 aliphatic carbocycles. The van der Waals surface area contributed by atoms with Crippen LogP contribution in [0, 0.1) is 0 Å². The van der Waals surface area contributed by atoms with Crippen LogP contribution in [-0.2, 0) is 30.8 Å². The van der Waals surface area contributed by atoms with E-state index < -0.39 is 10.0 Å². The van der Waals surface area contributed by atoms with E-state index in [1.165, 1.54) is 0 Å². The molecule has 0 radical (unpaired) electrons. The Labute approximate surface area is 212 Å². The van der Waals surface area contributed by atoms with Gasteiger partial charge in [0.25, 0.3) is 0 Å². The van der Waals surface area contributed by atoms with E-state index in [1.807, 2.05) is 32.2 Å². The molecule has 0 fully saturated rings. The van der Waals surface area contributed by atoms with Gasteiger partial charge in [0, 0.05) is 42.2 Å². The second kappa shape index (κ2) is 13.2. The maximum atomic E-state index is 12.6. The summed E-state index contributed by atoms with van der Waals surface area (Å²) in [6.07, 6.45) is 0. The molecule has 1 aliphatic rings. The number of ether oxygens (including phenoxy) is 3. The second-order valence-corrected chi connectivity index (χ2v) is 10.7. The van der Waals surface area contributed by atoms with Crippen molar-refractivity contribution in [2.24, 2.45) is 0 Å². The van der Waals surface area contributed by atoms with Crippen molar-refractivity contribution in [3.05, 3.63) is 63.1 Å². The van der Waals surface area contributed by atoms with Gasteiger partial charge in [-0.15, -0.1) is 0 Å². The first-order valence-corrected chi connectivity index (χ1v) is 13.5. The number of sulfonamides is 1. The van der Waals surface area contributed by atoms with Gasteiger partial charge in [0.1, 0.15) is 0 Å². The van der Waals surface area contributed by atoms with Gasteiger partial charge in [-0.2, -0.15) is 0 Å². The van der Waals surface area contributed by atoms with Crippen LogP contribution in [0.4, 0.5) is 0 Å². The van der Waals surface area contributed by atoms with Crippen LogP contribution in [0.3, 0.4) is 0 Å². The molecule has 1 atom stereocenters. The van der Waals surface area contributed by atoms with Gasteiger partial charge < -0.3 is 19.1 Å². The number of benzene rings is 2. The Morgan fingerprint density at radius 2 is 1.65 bits per heavy atom. The van der Waals surface area contributed by atoms with E-state index in [0.29, 0.717) is 43.1 Å². The largest absolute Gasteiger partial charge is 0.379 e. The molecule has 0 amide bonds. The Hall–Kier alpha value is -1.23. The van der Waals surface area contributed by atoms with Crippen molar-refractivity contribution in [2.75, 3.05) is 59.8 Å². The Morgan fingerprint density at radius 1 is 1.00 bits per heavy atom. The smallest absolute Gasteiger partial charge is 0.240 e. The topological polar surface area (TPSA) is 77.1 Å². The SMILES string of the molecule is CCOCCOCCOCCNS(=O)(=O)c1ccc(C2CN(C)Cc3c(Cl)cc(Cl)cc32)cc1. The molecular formula is C24H32Cl2N2O5S. The van der Waals surface area contributed by atoms with Crippen LogP contribution in [0.1, 0.15) is 29.5 Å². The van der Waals surface area contributed by atoms with Crippen LogP contribution in [0.2, 0.25) is 10.0 Å². The van der Waals surface area contributed by atoms with Crippen molar-refractivity contribution in [1.29, 1.82) is 0 Å². The molecule has 0 spiro atoms. The maximum Gasteiger partial charge on any atom is 0.240 e. The van der Waals surface area contributed by atoms with E-state index in [1.54, 1.807) is 18.2 Å². The molecule has 0 bridgehead atoms. The molecule has 0 saturated heterocycles. The van der Waals surface area contributed by atoms with Crippen molar-refractivity contribution in [1.82, 2.24) is 9.62 Å². The maximum absolute atomic E-state index is 12.6. The average Bonchev–Trinajstić information content (AvgIpc) is 2.80. The number of nitrogens with zero attached hydrogens (tertiary/aromatic N) is 1. The molecule has 7 nitrogen and oxygen atoms in total. The molecule has 1 heterocycles. The first-order valence-electron chi connectivity index (χ1n) is 11.3. The summed E-state index contributed by atoms with van der Waals surface area (Å²) in [7, 11) is -1.59. The summed E-state index contributed by atoms with van der Waals surface area (Å²) in [5.74, 6) is 0.0545. The number of hydrogen-bond acceptors (Lipinski definition) is 6. The van der Waals surface area contributed by atoms with E-state index in [-0.39, 0.29) is 24.0 Å². The summed E-state index contributed by atoms with van der Waals surface area (Å²) < 4.78 is 43.8. The molecule has 0 aromatic heterocycles. The lowest BCUT2D eigenvalue weighted by molar-refractivity contribution is 0.0181. The van der Waals surface area contributed by atoms with Gasteiger partial charge in [0.05, 0.1) is 37.9 Å². The van der Waals surface area contributed by atoms with Crippen LogP contribution >= 0.6 is 23.2 Å². The lowest BCUT2D eigenvalue weighted by Gasteiger charge is -2.33. The Balaban J connectivity index is 1.53. The molecule has 2 aromatic carbocycles. The van der Waals surface area contributed by atoms with E-state index in [0.717, 1.165) is 29.8 Å². The molecule has 10 heteroatoms. The molecule has 0 saturated carbocycles. The minimum atomic E-state index is -3.63. The van der Waals surface area contributed by atoms with Crippen molar-refractivity contribution >= 4 is 33.2 Å². The fourth-order valence-corrected chi connectivity index (χ4v) is 5.51. The molecule has 3 rings (SSSR count). The molecular weight excluding hydrogens is 499 g/mol. The fourth-order valence-electron chi connectivity index (χ4n) is 3.93. The lowest BCUT2D eigenvalue weighted by atomic mass is 9.85. The minimum absolute atomic E-state index is 0.0545. The summed E-state index contributed by atoms with van der Waals surface area (Å²) in [4.78, 5) is 2.41. The third-order valence-electron chi connectivity index (χ3n) is 5.57. The quantitative estimate of drug-likeness (QED) is 0.395. The van der Waals surface area contributed by atoms with Gasteiger partial charge in [-0.3, -0.25) is 0 Å². The van der Waals surface area contributed by atoms with E-state index in [4.69, 9.17) is 37.4 Å². The first kappa shape index (κ1) is 27.4. The number of likely N-dealkylation sites (N-methyl/N-ethyl adjacent to an activating group) is 1. The van der Waals surface area contributed by atoms with Crippen molar-refractivity contribution < 1.29 is 22.6 Å². The highest BCUT2D eigenvalue weighted by Crippen LogP contribution is 2.38. The monoisotopic (exact) mass is 530 g/mol. The number of hydrogen-bond donors (Lipinski definition) is 1. The predicted octanol–water partition coefficient (Wildman–Crippen LogP) is 3.92. The van der Waals surface area contributed by atoms with Gasteiger partial charge in [-0.25, -0.2) is 13.1 Å². The highest BCUT2D eigenvalue weighted by Gasteiger charge is 2.27. The molecule has 188 valence electrons. The highest BCUT2D eigenvalue weighted by molar-refractivity contribution is 7.89. The van der Waals surface area contributed by atoms with Crippen LogP contribution in [0.25, 0.3) is 0 Å². The van der Waals surface area contributed by atoms with Gasteiger partial charge >= 0.3 is 0 Å². The third-order valence-corrected chi connectivity index (χ3v) is 7.60. The minimum Gasteiger partial charge on any atom is -0.379 e. The Morgan fingerprint density at radius 3 is 2.32 bits per heavy atom. The summed E-state index contributed by atoms with van der Waals surface area (Å²) in [5, 5.41) is 1.25. The lowest BCUT2D eigenvalue weighted by Crippen LogP contribution is -2.31. The highest BCUT2D eigenvalue weighted by atomic mass is 35.5. The summed E-state index contributed by atoms with van der Waals surface area (Å²) in [6.45, 7) is 6.49. The summed E-state index contributed by atoms with van der Waals surface area (Å²) in [6, 6.07) is 10.7. The zero-order valence-electron chi connectivity index (χ0n) is 19.6. The number of halogens is 2. The third kappa shape index (κ3) is 7.63. The van der Waals surface area contributed by atoms with Crippen molar-refractivity contribution in [3.63, 3.8) is 0 Å². The van der Waals surface area contributed by atoms with Gasteiger partial charge in [0.2, 0.25) is 10.0 Å². The number of rotatable bonds is 13. The number of fused-ring (bicyclic) bond motifs is 1. The standard InChI is InChI=1S/C24H32Cl2N2O5S/c1-3-31-10-11-33-13-12-32-9-8-27-34(29,30)20-6-4-18(5-7-20)22-16-28(2)17-23-21(22)14-19(25)15-24(23)26/h4-7,14-15,22,27H,3,8-13,16-17H2,1-2H3. The Bertz CT molecular complexity index is 1030. The molecule has 1 aliphatic heterocycles. The molecule has 2 aromatic rings. The van der Waals surface area contributed by atoms with Crippen molar-refractivity contribution in [3.8, 4) is 0 Å². The van der Waals surface area contributed by atoms with Crippen LogP contribution in [-0.4, -0.2) is 73.1 Å². The van der Waals surface area contributed by atoms with Crippen molar-refractivity contribution in [2.45, 2.75) is 24.3 Å². The second-order valence-electron chi connectivity index (χ2n) is 8.09. The normalized spacial score (nSPS) is 16.5. The predicted molar refractivity (Wildman–Crippen MR) is 134 cm³/mol. The Kier molecular flexibility index (Phi) is 10.6. The molecule has 34 heavy (non-hydrogen) atoms. The average molecular weight is 532 g/mol. The van der Waals surface area contributed by atoms with Gasteiger partial charge in [0.15, 0.2) is 0 Å².